The first kappa shape index (κ1) is 17.5. The second kappa shape index (κ2) is 10.2. The number of nitrogens with one attached hydrogen (secondary N) is 2. The van der Waals surface area contributed by atoms with Crippen molar-refractivity contribution < 1.29 is 4.74 Å². The molecule has 0 aliphatic carbocycles. The number of rotatable bonds is 8. The third-order valence-corrected chi connectivity index (χ3v) is 3.11. The molecule has 4 heteroatoms. The molecule has 0 aromatic heterocycles. The molecule has 0 bridgehead atoms. The van der Waals surface area contributed by atoms with E-state index in [0.717, 1.165) is 25.5 Å². The van der Waals surface area contributed by atoms with E-state index in [1.54, 1.807) is 7.11 Å². The Morgan fingerprint density at radius 2 is 1.81 bits per heavy atom. The van der Waals surface area contributed by atoms with Crippen LogP contribution >= 0.6 is 0 Å². The van der Waals surface area contributed by atoms with Crippen molar-refractivity contribution >= 4 is 5.96 Å². The van der Waals surface area contributed by atoms with Crippen LogP contribution in [0.3, 0.4) is 0 Å². The van der Waals surface area contributed by atoms with Crippen LogP contribution in [0.25, 0.3) is 0 Å². The van der Waals surface area contributed by atoms with Crippen molar-refractivity contribution in [2.75, 3.05) is 20.2 Å². The van der Waals surface area contributed by atoms with Crippen molar-refractivity contribution in [2.24, 2.45) is 10.9 Å². The van der Waals surface area contributed by atoms with Gasteiger partial charge in [0.15, 0.2) is 5.96 Å². The molecule has 0 spiro atoms. The highest BCUT2D eigenvalue weighted by Crippen LogP contribution is 2.06. The maximum absolute atomic E-state index is 5.11. The van der Waals surface area contributed by atoms with E-state index in [4.69, 9.17) is 4.74 Å². The van der Waals surface area contributed by atoms with Crippen LogP contribution in [0.2, 0.25) is 0 Å². The molecule has 0 unspecified atom stereocenters. The lowest BCUT2D eigenvalue weighted by atomic mass is 10.1. The van der Waals surface area contributed by atoms with E-state index in [-0.39, 0.29) is 0 Å². The minimum Gasteiger partial charge on any atom is -0.380 e. The molecule has 118 valence electrons. The van der Waals surface area contributed by atoms with E-state index in [9.17, 15) is 0 Å². The van der Waals surface area contributed by atoms with Gasteiger partial charge in [0, 0.05) is 20.2 Å². The zero-order chi connectivity index (χ0) is 15.5. The van der Waals surface area contributed by atoms with Crippen LogP contribution in [0.15, 0.2) is 29.3 Å². The van der Waals surface area contributed by atoms with Crippen molar-refractivity contribution in [1.29, 1.82) is 0 Å². The Hall–Kier alpha value is -1.55. The summed E-state index contributed by atoms with van der Waals surface area (Å²) >= 11 is 0. The van der Waals surface area contributed by atoms with E-state index in [1.807, 2.05) is 0 Å². The summed E-state index contributed by atoms with van der Waals surface area (Å²) in [6, 6.07) is 8.39. The van der Waals surface area contributed by atoms with Gasteiger partial charge in [-0.2, -0.15) is 0 Å². The summed E-state index contributed by atoms with van der Waals surface area (Å²) in [5.41, 5.74) is 2.39. The van der Waals surface area contributed by atoms with Gasteiger partial charge in [-0.05, 0) is 30.4 Å². The van der Waals surface area contributed by atoms with Crippen molar-refractivity contribution in [1.82, 2.24) is 10.6 Å². The first-order valence-electron chi connectivity index (χ1n) is 7.74. The van der Waals surface area contributed by atoms with Gasteiger partial charge in [0.25, 0.3) is 0 Å². The largest absolute Gasteiger partial charge is 0.380 e. The molecule has 0 aliphatic rings. The molecule has 0 aliphatic heterocycles. The molecular weight excluding hydrogens is 262 g/mol. The Morgan fingerprint density at radius 3 is 2.38 bits per heavy atom. The number of nitrogens with zero attached hydrogens (tertiary/aromatic N) is 1. The van der Waals surface area contributed by atoms with Gasteiger partial charge in [0.2, 0.25) is 0 Å². The molecule has 0 fully saturated rings. The number of guanidine groups is 1. The Labute approximate surface area is 129 Å². The first-order chi connectivity index (χ1) is 10.2. The number of methoxy groups -OCH3 is 1. The van der Waals surface area contributed by atoms with Crippen molar-refractivity contribution in [3.05, 3.63) is 35.4 Å². The lowest BCUT2D eigenvalue weighted by Gasteiger charge is -2.12. The Bertz CT molecular complexity index is 413. The molecule has 0 amide bonds. The smallest absolute Gasteiger partial charge is 0.191 e. The van der Waals surface area contributed by atoms with Crippen LogP contribution in [-0.4, -0.2) is 26.2 Å². The van der Waals surface area contributed by atoms with Crippen molar-refractivity contribution in [3.8, 4) is 0 Å². The van der Waals surface area contributed by atoms with E-state index in [0.29, 0.717) is 19.1 Å². The number of aliphatic imine (C=N–C) groups is 1. The molecule has 1 aromatic rings. The summed E-state index contributed by atoms with van der Waals surface area (Å²) in [5.74, 6) is 1.59. The number of ether oxygens (including phenoxy) is 1. The standard InChI is InChI=1S/C17H29N3O/c1-5-18-17(19-11-10-14(2)3)20-12-15-6-8-16(9-7-15)13-21-4/h6-9,14H,5,10-13H2,1-4H3,(H2,18,19,20). The molecule has 0 radical (unpaired) electrons. The summed E-state index contributed by atoms with van der Waals surface area (Å²) in [5, 5.41) is 6.65. The lowest BCUT2D eigenvalue weighted by molar-refractivity contribution is 0.185. The normalized spacial score (nSPS) is 11.8. The fraction of sp³-hybridized carbons (Fsp3) is 0.588. The highest BCUT2D eigenvalue weighted by molar-refractivity contribution is 5.79. The van der Waals surface area contributed by atoms with Gasteiger partial charge >= 0.3 is 0 Å². The second-order valence-electron chi connectivity index (χ2n) is 5.55. The van der Waals surface area contributed by atoms with Crippen LogP contribution in [-0.2, 0) is 17.9 Å². The van der Waals surface area contributed by atoms with E-state index >= 15 is 0 Å². The van der Waals surface area contributed by atoms with Crippen LogP contribution in [0.1, 0.15) is 38.3 Å². The van der Waals surface area contributed by atoms with E-state index < -0.39 is 0 Å². The fourth-order valence-corrected chi connectivity index (χ4v) is 1.90. The zero-order valence-corrected chi connectivity index (χ0v) is 13.8. The monoisotopic (exact) mass is 291 g/mol. The molecule has 1 aromatic carbocycles. The SMILES string of the molecule is CCNC(=NCc1ccc(COC)cc1)NCCC(C)C. The molecule has 0 heterocycles. The van der Waals surface area contributed by atoms with Gasteiger partial charge < -0.3 is 15.4 Å². The van der Waals surface area contributed by atoms with Gasteiger partial charge in [-0.15, -0.1) is 0 Å². The second-order valence-corrected chi connectivity index (χ2v) is 5.55. The number of benzene rings is 1. The van der Waals surface area contributed by atoms with Gasteiger partial charge in [-0.3, -0.25) is 0 Å². The van der Waals surface area contributed by atoms with E-state index in [1.165, 1.54) is 11.1 Å². The molecule has 4 nitrogen and oxygen atoms in total. The third kappa shape index (κ3) is 7.71. The van der Waals surface area contributed by atoms with Gasteiger partial charge in [-0.25, -0.2) is 4.99 Å². The predicted molar refractivity (Wildman–Crippen MR) is 89.4 cm³/mol. The minimum atomic E-state index is 0.656. The molecule has 1 rings (SSSR count). The molecule has 2 N–H and O–H groups in total. The Kier molecular flexibility index (Phi) is 8.51. The Morgan fingerprint density at radius 1 is 1.14 bits per heavy atom. The van der Waals surface area contributed by atoms with Gasteiger partial charge in [0.1, 0.15) is 0 Å². The average Bonchev–Trinajstić information content (AvgIpc) is 2.46. The average molecular weight is 291 g/mol. The summed E-state index contributed by atoms with van der Waals surface area (Å²) < 4.78 is 5.11. The van der Waals surface area contributed by atoms with Crippen molar-refractivity contribution in [3.63, 3.8) is 0 Å². The highest BCUT2D eigenvalue weighted by Gasteiger charge is 1.99. The third-order valence-electron chi connectivity index (χ3n) is 3.11. The minimum absolute atomic E-state index is 0.656. The number of hydrogen-bond donors (Lipinski definition) is 2. The van der Waals surface area contributed by atoms with Crippen molar-refractivity contribution in [2.45, 2.75) is 40.3 Å². The molecule has 0 saturated carbocycles. The summed E-state index contributed by atoms with van der Waals surface area (Å²) in [6.07, 6.45) is 1.15. The molecular formula is C17H29N3O. The van der Waals surface area contributed by atoms with Gasteiger partial charge in [0.05, 0.1) is 13.2 Å². The molecule has 0 saturated heterocycles. The van der Waals surface area contributed by atoms with Gasteiger partial charge in [-0.1, -0.05) is 38.1 Å². The van der Waals surface area contributed by atoms with Crippen LogP contribution < -0.4 is 10.6 Å². The Balaban J connectivity index is 2.51. The lowest BCUT2D eigenvalue weighted by Crippen LogP contribution is -2.38. The molecule has 0 atom stereocenters. The predicted octanol–water partition coefficient (Wildman–Crippen LogP) is 2.93. The molecule has 21 heavy (non-hydrogen) atoms. The van der Waals surface area contributed by atoms with Crippen LogP contribution in [0, 0.1) is 5.92 Å². The topological polar surface area (TPSA) is 45.7 Å². The number of hydrogen-bond acceptors (Lipinski definition) is 2. The summed E-state index contributed by atoms with van der Waals surface area (Å²) in [4.78, 5) is 4.62. The maximum atomic E-state index is 5.11. The zero-order valence-electron chi connectivity index (χ0n) is 13.8. The fourth-order valence-electron chi connectivity index (χ4n) is 1.90. The summed E-state index contributed by atoms with van der Waals surface area (Å²) in [7, 11) is 1.71. The van der Waals surface area contributed by atoms with Crippen LogP contribution in [0.5, 0.6) is 0 Å². The van der Waals surface area contributed by atoms with E-state index in [2.05, 4.69) is 60.7 Å². The quantitative estimate of drug-likeness (QED) is 0.572. The maximum Gasteiger partial charge on any atom is 0.191 e. The first-order valence-corrected chi connectivity index (χ1v) is 7.74. The summed E-state index contributed by atoms with van der Waals surface area (Å²) in [6.45, 7) is 9.71. The van der Waals surface area contributed by atoms with Crippen LogP contribution in [0.4, 0.5) is 0 Å². The highest BCUT2D eigenvalue weighted by atomic mass is 16.5.